The highest BCUT2D eigenvalue weighted by molar-refractivity contribution is 8.18. The largest absolute Gasteiger partial charge is 0.497 e. The van der Waals surface area contributed by atoms with Crippen LogP contribution in [0.4, 0.5) is 5.69 Å². The third-order valence-corrected chi connectivity index (χ3v) is 6.16. The number of methoxy groups -OCH3 is 1. The molecule has 4 rings (SSSR count). The topological polar surface area (TPSA) is 88.4 Å². The van der Waals surface area contributed by atoms with Crippen LogP contribution < -0.4 is 9.47 Å². The van der Waals surface area contributed by atoms with Crippen molar-refractivity contribution in [1.29, 1.82) is 0 Å². The third-order valence-electron chi connectivity index (χ3n) is 5.10. The summed E-state index contributed by atoms with van der Waals surface area (Å²) in [4.78, 5) is 30.5. The van der Waals surface area contributed by atoms with Gasteiger partial charge in [0.1, 0.15) is 18.1 Å². The molecule has 1 aliphatic heterocycles. The molecule has 0 aliphatic carbocycles. The van der Waals surface area contributed by atoms with Gasteiger partial charge in [0.2, 0.25) is 0 Å². The zero-order valence-electron chi connectivity index (χ0n) is 18.6. The Balaban J connectivity index is 1.51. The Hall–Kier alpha value is -4.04. The number of amidine groups is 1. The number of carbonyl (C=O) groups excluding carboxylic acids is 1. The second-order valence-electron chi connectivity index (χ2n) is 7.40. The average molecular weight is 475 g/mol. The number of likely N-dealkylation sites (N-methyl/N-ethyl adjacent to an activating group) is 1. The van der Waals surface area contributed by atoms with Crippen molar-refractivity contribution < 1.29 is 24.2 Å². The maximum atomic E-state index is 12.8. The summed E-state index contributed by atoms with van der Waals surface area (Å²) >= 11 is 1.30. The number of hydrogen-bond donors (Lipinski definition) is 1. The smallest absolute Gasteiger partial charge is 0.335 e. The molecule has 3 aromatic rings. The first-order valence-corrected chi connectivity index (χ1v) is 11.2. The van der Waals surface area contributed by atoms with Crippen LogP contribution in [0.5, 0.6) is 11.5 Å². The van der Waals surface area contributed by atoms with E-state index in [4.69, 9.17) is 14.6 Å². The normalized spacial score (nSPS) is 15.7. The van der Waals surface area contributed by atoms with Crippen LogP contribution >= 0.6 is 11.8 Å². The van der Waals surface area contributed by atoms with Gasteiger partial charge < -0.3 is 14.6 Å². The summed E-state index contributed by atoms with van der Waals surface area (Å²) < 4.78 is 11.1. The van der Waals surface area contributed by atoms with Crippen molar-refractivity contribution in [3.8, 4) is 11.5 Å². The van der Waals surface area contributed by atoms with Crippen LogP contribution in [0, 0.1) is 0 Å². The van der Waals surface area contributed by atoms with Crippen molar-refractivity contribution in [1.82, 2.24) is 4.90 Å². The van der Waals surface area contributed by atoms with E-state index in [0.717, 1.165) is 22.6 Å². The first-order valence-electron chi connectivity index (χ1n) is 10.4. The lowest BCUT2D eigenvalue weighted by Crippen LogP contribution is -2.23. The van der Waals surface area contributed by atoms with Crippen molar-refractivity contribution in [2.75, 3.05) is 14.2 Å². The monoisotopic (exact) mass is 474 g/mol. The third kappa shape index (κ3) is 5.29. The van der Waals surface area contributed by atoms with Crippen LogP contribution in [0.2, 0.25) is 0 Å². The fourth-order valence-corrected chi connectivity index (χ4v) is 4.17. The first-order chi connectivity index (χ1) is 16.4. The molecule has 0 atom stereocenters. The molecule has 7 nitrogen and oxygen atoms in total. The summed E-state index contributed by atoms with van der Waals surface area (Å²) in [6.45, 7) is 0.269. The highest BCUT2D eigenvalue weighted by Gasteiger charge is 2.30. The Morgan fingerprint density at radius 3 is 2.44 bits per heavy atom. The Morgan fingerprint density at radius 1 is 1.06 bits per heavy atom. The minimum Gasteiger partial charge on any atom is -0.497 e. The number of carboxylic acids is 1. The average Bonchev–Trinajstić information content (AvgIpc) is 3.12. The van der Waals surface area contributed by atoms with Gasteiger partial charge in [-0.3, -0.25) is 9.69 Å². The van der Waals surface area contributed by atoms with E-state index >= 15 is 0 Å². The lowest BCUT2D eigenvalue weighted by Gasteiger charge is -2.10. The number of amides is 1. The second-order valence-corrected chi connectivity index (χ2v) is 8.40. The minimum atomic E-state index is -0.969. The number of nitrogens with zero attached hydrogens (tertiary/aromatic N) is 2. The van der Waals surface area contributed by atoms with E-state index < -0.39 is 5.97 Å². The summed E-state index contributed by atoms with van der Waals surface area (Å²) in [6.07, 6.45) is 1.79. The van der Waals surface area contributed by atoms with Gasteiger partial charge in [0.15, 0.2) is 5.17 Å². The Bertz CT molecular complexity index is 1270. The fraction of sp³-hybridized carbons (Fsp3) is 0.115. The van der Waals surface area contributed by atoms with Gasteiger partial charge in [-0.1, -0.05) is 30.3 Å². The quantitative estimate of drug-likeness (QED) is 0.473. The molecule has 1 amide bonds. The van der Waals surface area contributed by atoms with E-state index in [9.17, 15) is 9.59 Å². The second kappa shape index (κ2) is 10.3. The fourth-order valence-electron chi connectivity index (χ4n) is 3.20. The molecule has 0 unspecified atom stereocenters. The van der Waals surface area contributed by atoms with Crippen molar-refractivity contribution in [3.05, 3.63) is 94.4 Å². The van der Waals surface area contributed by atoms with Gasteiger partial charge in [0.25, 0.3) is 5.91 Å². The summed E-state index contributed by atoms with van der Waals surface area (Å²) in [5, 5.41) is 9.62. The van der Waals surface area contributed by atoms with E-state index in [0.29, 0.717) is 15.8 Å². The number of thioether (sulfide) groups is 1. The highest BCUT2D eigenvalue weighted by Crippen LogP contribution is 2.35. The predicted octanol–water partition coefficient (Wildman–Crippen LogP) is 5.21. The summed E-state index contributed by atoms with van der Waals surface area (Å²) in [5.74, 6) is 0.246. The number of para-hydroxylation sites is 1. The zero-order chi connectivity index (χ0) is 24.1. The molecule has 0 saturated carbocycles. The van der Waals surface area contributed by atoms with Crippen LogP contribution in [0.15, 0.2) is 82.7 Å². The molecule has 0 radical (unpaired) electrons. The number of aromatic carboxylic acids is 1. The number of benzene rings is 3. The zero-order valence-corrected chi connectivity index (χ0v) is 19.4. The van der Waals surface area contributed by atoms with Crippen LogP contribution in [0.1, 0.15) is 21.5 Å². The van der Waals surface area contributed by atoms with Crippen LogP contribution in [0.3, 0.4) is 0 Å². The van der Waals surface area contributed by atoms with Gasteiger partial charge in [0, 0.05) is 12.6 Å². The maximum absolute atomic E-state index is 12.8. The molecular formula is C26H22N2O5S. The molecule has 34 heavy (non-hydrogen) atoms. The molecular weight excluding hydrogens is 452 g/mol. The Morgan fingerprint density at radius 2 is 1.76 bits per heavy atom. The van der Waals surface area contributed by atoms with Gasteiger partial charge in [-0.15, -0.1) is 0 Å². The number of carboxylic acid groups (broad SMARTS) is 1. The molecule has 1 saturated heterocycles. The van der Waals surface area contributed by atoms with E-state index in [-0.39, 0.29) is 18.1 Å². The molecule has 1 heterocycles. The van der Waals surface area contributed by atoms with Crippen LogP contribution in [-0.4, -0.2) is 41.2 Å². The number of hydrogen-bond acceptors (Lipinski definition) is 6. The van der Waals surface area contributed by atoms with Gasteiger partial charge in [0.05, 0.1) is 23.3 Å². The summed E-state index contributed by atoms with van der Waals surface area (Å²) in [5.41, 5.74) is 2.55. The van der Waals surface area contributed by atoms with Crippen LogP contribution in [0.25, 0.3) is 6.08 Å². The van der Waals surface area contributed by atoms with E-state index in [1.165, 1.54) is 16.7 Å². The molecule has 3 aromatic carbocycles. The number of ether oxygens (including phenoxy) is 2. The van der Waals surface area contributed by atoms with Crippen molar-refractivity contribution in [2.45, 2.75) is 6.61 Å². The van der Waals surface area contributed by atoms with Gasteiger partial charge in [-0.2, -0.15) is 0 Å². The van der Waals surface area contributed by atoms with Crippen molar-refractivity contribution in [3.63, 3.8) is 0 Å². The van der Waals surface area contributed by atoms with E-state index in [2.05, 4.69) is 4.99 Å². The Labute approximate surface area is 201 Å². The predicted molar refractivity (Wildman–Crippen MR) is 133 cm³/mol. The molecule has 0 spiro atoms. The van der Waals surface area contributed by atoms with Gasteiger partial charge >= 0.3 is 5.97 Å². The van der Waals surface area contributed by atoms with E-state index in [1.54, 1.807) is 44.5 Å². The van der Waals surface area contributed by atoms with Crippen molar-refractivity contribution in [2.24, 2.45) is 4.99 Å². The summed E-state index contributed by atoms with van der Waals surface area (Å²) in [7, 11) is 3.30. The standard InChI is InChI=1S/C26H22N2O5S/c1-28-24(29)23(34-26(28)27-20-11-13-21(32-2)14-12-20)15-19-5-3-4-6-22(19)33-16-17-7-9-18(10-8-17)25(30)31/h3-15H,16H2,1-2H3,(H,30,31). The lowest BCUT2D eigenvalue weighted by atomic mass is 10.1. The summed E-state index contributed by atoms with van der Waals surface area (Å²) in [6, 6.07) is 21.3. The SMILES string of the molecule is COc1ccc(N=C2SC(=Cc3ccccc3OCc3ccc(C(=O)O)cc3)C(=O)N2C)cc1. The van der Waals surface area contributed by atoms with Crippen molar-refractivity contribution >= 4 is 40.6 Å². The minimum absolute atomic E-state index is 0.142. The Kier molecular flexibility index (Phi) is 6.98. The lowest BCUT2D eigenvalue weighted by molar-refractivity contribution is -0.121. The first kappa shape index (κ1) is 23.1. The van der Waals surface area contributed by atoms with Gasteiger partial charge in [-0.05, 0) is 65.9 Å². The maximum Gasteiger partial charge on any atom is 0.335 e. The molecule has 1 N–H and O–H groups in total. The molecule has 8 heteroatoms. The molecule has 172 valence electrons. The van der Waals surface area contributed by atoms with Gasteiger partial charge in [-0.25, -0.2) is 9.79 Å². The van der Waals surface area contributed by atoms with Crippen LogP contribution in [-0.2, 0) is 11.4 Å². The molecule has 1 aliphatic rings. The molecule has 0 aromatic heterocycles. The number of aliphatic imine (C=N–C) groups is 1. The van der Waals surface area contributed by atoms with E-state index in [1.807, 2.05) is 48.5 Å². The number of rotatable bonds is 7. The molecule has 0 bridgehead atoms. The highest BCUT2D eigenvalue weighted by atomic mass is 32.2. The molecule has 1 fully saturated rings. The number of carbonyl (C=O) groups is 2.